The molecule has 0 aliphatic carbocycles. The van der Waals surface area contributed by atoms with E-state index in [9.17, 15) is 9.90 Å². The van der Waals surface area contributed by atoms with Crippen LogP contribution in [0, 0.1) is 0 Å². The molecule has 0 fully saturated rings. The van der Waals surface area contributed by atoms with E-state index in [0.29, 0.717) is 13.0 Å². The molecule has 0 aliphatic rings. The zero-order valence-electron chi connectivity index (χ0n) is 8.42. The van der Waals surface area contributed by atoms with Gasteiger partial charge in [0.05, 0.1) is 12.1 Å². The normalized spacial score (nSPS) is 15.3. The van der Waals surface area contributed by atoms with E-state index in [4.69, 9.17) is 5.73 Å². The van der Waals surface area contributed by atoms with Crippen LogP contribution in [0.5, 0.6) is 0 Å². The zero-order valence-corrected chi connectivity index (χ0v) is 8.42. The molecule has 4 nitrogen and oxygen atoms in total. The lowest BCUT2D eigenvalue weighted by Gasteiger charge is -2.16. The minimum atomic E-state index is -0.376. The molecule has 0 saturated carbocycles. The van der Waals surface area contributed by atoms with E-state index in [1.54, 1.807) is 0 Å². The molecule has 0 heterocycles. The average Bonchev–Trinajstić information content (AvgIpc) is 2.05. The average molecular weight is 188 g/mol. The first-order chi connectivity index (χ1) is 6.11. The fraction of sp³-hybridized carbons (Fsp3) is 0.889. The van der Waals surface area contributed by atoms with Crippen LogP contribution >= 0.6 is 0 Å². The standard InChI is InChI=1S/C9H20N2O2/c1-3-5-7(12)6-11-8(4-2)9(10)13/h7-8,11-12H,3-6H2,1-2H3,(H2,10,13). The Kier molecular flexibility index (Phi) is 6.54. The maximum Gasteiger partial charge on any atom is 0.234 e. The summed E-state index contributed by atoms with van der Waals surface area (Å²) in [5.41, 5.74) is 5.12. The molecule has 0 saturated heterocycles. The van der Waals surface area contributed by atoms with Gasteiger partial charge in [-0.05, 0) is 12.8 Å². The Hall–Kier alpha value is -0.610. The number of carbonyl (C=O) groups excluding carboxylic acids is 1. The second kappa shape index (κ2) is 6.86. The summed E-state index contributed by atoms with van der Waals surface area (Å²) < 4.78 is 0. The molecule has 13 heavy (non-hydrogen) atoms. The second-order valence-corrected chi connectivity index (χ2v) is 3.21. The van der Waals surface area contributed by atoms with Crippen LogP contribution in [0.25, 0.3) is 0 Å². The SMILES string of the molecule is CCCC(O)CNC(CC)C(N)=O. The number of aliphatic hydroxyl groups is 1. The van der Waals surface area contributed by atoms with Crippen molar-refractivity contribution in [3.05, 3.63) is 0 Å². The topological polar surface area (TPSA) is 75.3 Å². The molecule has 0 aliphatic heterocycles. The quantitative estimate of drug-likeness (QED) is 0.526. The lowest BCUT2D eigenvalue weighted by molar-refractivity contribution is -0.120. The number of primary amides is 1. The van der Waals surface area contributed by atoms with Crippen LogP contribution in [0.4, 0.5) is 0 Å². The lowest BCUT2D eigenvalue weighted by Crippen LogP contribution is -2.43. The number of nitrogens with one attached hydrogen (secondary N) is 1. The summed E-state index contributed by atoms with van der Waals surface area (Å²) in [6.07, 6.45) is 1.98. The van der Waals surface area contributed by atoms with E-state index in [1.807, 2.05) is 13.8 Å². The predicted octanol–water partition coefficient (Wildman–Crippen LogP) is 0.000900. The molecule has 2 unspecified atom stereocenters. The predicted molar refractivity (Wildman–Crippen MR) is 52.2 cm³/mol. The largest absolute Gasteiger partial charge is 0.392 e. The van der Waals surface area contributed by atoms with Crippen molar-refractivity contribution >= 4 is 5.91 Å². The minimum absolute atomic E-state index is 0.313. The number of hydrogen-bond acceptors (Lipinski definition) is 3. The Bertz CT molecular complexity index is 151. The highest BCUT2D eigenvalue weighted by atomic mass is 16.3. The Morgan fingerprint density at radius 3 is 2.54 bits per heavy atom. The van der Waals surface area contributed by atoms with Crippen LogP contribution in [0.3, 0.4) is 0 Å². The Morgan fingerprint density at radius 2 is 2.15 bits per heavy atom. The molecular weight excluding hydrogens is 168 g/mol. The molecule has 0 aromatic carbocycles. The summed E-state index contributed by atoms with van der Waals surface area (Å²) in [7, 11) is 0. The first-order valence-electron chi connectivity index (χ1n) is 4.82. The van der Waals surface area contributed by atoms with Crippen molar-refractivity contribution in [2.75, 3.05) is 6.54 Å². The van der Waals surface area contributed by atoms with E-state index in [-0.39, 0.29) is 18.1 Å². The molecule has 0 rings (SSSR count). The zero-order chi connectivity index (χ0) is 10.3. The molecule has 4 heteroatoms. The van der Waals surface area contributed by atoms with Crippen LogP contribution in [-0.4, -0.2) is 29.7 Å². The van der Waals surface area contributed by atoms with Crippen molar-refractivity contribution in [1.29, 1.82) is 0 Å². The van der Waals surface area contributed by atoms with E-state index >= 15 is 0 Å². The van der Waals surface area contributed by atoms with E-state index in [0.717, 1.165) is 12.8 Å². The summed E-state index contributed by atoms with van der Waals surface area (Å²) in [6, 6.07) is -0.313. The van der Waals surface area contributed by atoms with Gasteiger partial charge in [-0.1, -0.05) is 20.3 Å². The highest BCUT2D eigenvalue weighted by molar-refractivity contribution is 5.79. The van der Waals surface area contributed by atoms with Crippen molar-refractivity contribution in [3.8, 4) is 0 Å². The van der Waals surface area contributed by atoms with Crippen LogP contribution < -0.4 is 11.1 Å². The van der Waals surface area contributed by atoms with Gasteiger partial charge in [-0.2, -0.15) is 0 Å². The van der Waals surface area contributed by atoms with Crippen molar-refractivity contribution < 1.29 is 9.90 Å². The van der Waals surface area contributed by atoms with E-state index in [2.05, 4.69) is 5.32 Å². The summed E-state index contributed by atoms with van der Waals surface area (Å²) in [4.78, 5) is 10.8. The van der Waals surface area contributed by atoms with E-state index in [1.165, 1.54) is 0 Å². The van der Waals surface area contributed by atoms with Gasteiger partial charge >= 0.3 is 0 Å². The summed E-state index contributed by atoms with van der Waals surface area (Å²) in [5.74, 6) is -0.355. The Balaban J connectivity index is 3.65. The van der Waals surface area contributed by atoms with Crippen LogP contribution in [0.1, 0.15) is 33.1 Å². The third-order valence-corrected chi connectivity index (χ3v) is 1.97. The van der Waals surface area contributed by atoms with E-state index < -0.39 is 0 Å². The third kappa shape index (κ3) is 5.60. The van der Waals surface area contributed by atoms with Crippen molar-refractivity contribution in [2.45, 2.75) is 45.3 Å². The van der Waals surface area contributed by atoms with Crippen LogP contribution in [-0.2, 0) is 4.79 Å². The van der Waals surface area contributed by atoms with Crippen molar-refractivity contribution in [2.24, 2.45) is 5.73 Å². The van der Waals surface area contributed by atoms with Gasteiger partial charge < -0.3 is 16.2 Å². The minimum Gasteiger partial charge on any atom is -0.392 e. The molecule has 2 atom stereocenters. The maximum atomic E-state index is 10.8. The number of carbonyl (C=O) groups is 1. The smallest absolute Gasteiger partial charge is 0.234 e. The number of hydrogen-bond donors (Lipinski definition) is 3. The number of amides is 1. The first kappa shape index (κ1) is 12.4. The fourth-order valence-corrected chi connectivity index (χ4v) is 1.16. The van der Waals surface area contributed by atoms with Gasteiger partial charge in [0.25, 0.3) is 0 Å². The number of rotatable bonds is 7. The molecule has 0 spiro atoms. The van der Waals surface area contributed by atoms with Crippen molar-refractivity contribution in [1.82, 2.24) is 5.32 Å². The molecule has 1 amide bonds. The van der Waals surface area contributed by atoms with Gasteiger partial charge in [0.15, 0.2) is 0 Å². The van der Waals surface area contributed by atoms with Crippen LogP contribution in [0.2, 0.25) is 0 Å². The Labute approximate surface area is 79.5 Å². The molecule has 78 valence electrons. The highest BCUT2D eigenvalue weighted by Crippen LogP contribution is 1.96. The summed E-state index contributed by atoms with van der Waals surface area (Å²) in [5, 5.41) is 12.3. The van der Waals surface area contributed by atoms with Gasteiger partial charge in [-0.15, -0.1) is 0 Å². The van der Waals surface area contributed by atoms with Gasteiger partial charge in [0.1, 0.15) is 0 Å². The summed E-state index contributed by atoms with van der Waals surface area (Å²) in [6.45, 7) is 4.33. The summed E-state index contributed by atoms with van der Waals surface area (Å²) >= 11 is 0. The molecular formula is C9H20N2O2. The molecule has 0 aromatic heterocycles. The molecule has 0 radical (unpaired) electrons. The van der Waals surface area contributed by atoms with Crippen LogP contribution in [0.15, 0.2) is 0 Å². The molecule has 0 aromatic rings. The Morgan fingerprint density at radius 1 is 1.54 bits per heavy atom. The fourth-order valence-electron chi connectivity index (χ4n) is 1.16. The second-order valence-electron chi connectivity index (χ2n) is 3.21. The van der Waals surface area contributed by atoms with Crippen molar-refractivity contribution in [3.63, 3.8) is 0 Å². The van der Waals surface area contributed by atoms with Gasteiger partial charge in [0.2, 0.25) is 5.91 Å². The number of nitrogens with two attached hydrogens (primary N) is 1. The first-order valence-corrected chi connectivity index (χ1v) is 4.82. The molecule has 0 bridgehead atoms. The highest BCUT2D eigenvalue weighted by Gasteiger charge is 2.13. The lowest BCUT2D eigenvalue weighted by atomic mass is 10.1. The van der Waals surface area contributed by atoms with Gasteiger partial charge in [-0.3, -0.25) is 4.79 Å². The van der Waals surface area contributed by atoms with Gasteiger partial charge in [-0.25, -0.2) is 0 Å². The monoisotopic (exact) mass is 188 g/mol. The molecule has 4 N–H and O–H groups in total. The maximum absolute atomic E-state index is 10.8. The number of aliphatic hydroxyl groups excluding tert-OH is 1. The van der Waals surface area contributed by atoms with Gasteiger partial charge in [0, 0.05) is 6.54 Å². The third-order valence-electron chi connectivity index (χ3n) is 1.97.